The first-order valence-electron chi connectivity index (χ1n) is 3.39. The van der Waals surface area contributed by atoms with Crippen molar-refractivity contribution in [2.75, 3.05) is 13.2 Å². The first kappa shape index (κ1) is 107. The number of hydrogen-bond donors (Lipinski definition) is 0. The van der Waals surface area contributed by atoms with Crippen molar-refractivity contribution in [3.63, 3.8) is 0 Å². The maximum absolute atomic E-state index is 5.19. The molecule has 1 heteroatoms. The predicted molar refractivity (Wildman–Crippen MR) is 103 cm³/mol. The number of ether oxygens (including phenoxy) is 1. The van der Waals surface area contributed by atoms with Crippen LogP contribution in [0.4, 0.5) is 0 Å². The molecule has 0 N–H and O–H groups in total. The Morgan fingerprint density at radius 3 is 1.11 bits per heavy atom. The summed E-state index contributed by atoms with van der Waals surface area (Å²) in [6, 6.07) is 0. The van der Waals surface area contributed by atoms with Gasteiger partial charge in [-0.2, -0.15) is 0 Å². The maximum Gasteiger partial charge on any atom is 0.0491 e. The van der Waals surface area contributed by atoms with Crippen molar-refractivity contribution in [3.05, 3.63) is 0 Å². The molecule has 0 saturated heterocycles. The van der Waals surface area contributed by atoms with Crippen molar-refractivity contribution in [3.8, 4) is 0 Å². The van der Waals surface area contributed by atoms with E-state index in [1.807, 2.05) is 6.92 Å². The van der Waals surface area contributed by atoms with Gasteiger partial charge >= 0.3 is 0 Å². The topological polar surface area (TPSA) is 9.23 Å². The molecule has 0 fully saturated rings. The van der Waals surface area contributed by atoms with Crippen molar-refractivity contribution in [2.45, 2.75) is 101 Å². The minimum absolute atomic E-state index is 0. The van der Waals surface area contributed by atoms with E-state index >= 15 is 0 Å². The van der Waals surface area contributed by atoms with Crippen LogP contribution >= 0.6 is 0 Å². The molecule has 0 aliphatic rings. The van der Waals surface area contributed by atoms with Gasteiger partial charge in [0.05, 0.1) is 0 Å². The van der Waals surface area contributed by atoms with Crippen LogP contribution in [0.2, 0.25) is 0 Å². The Hall–Kier alpha value is -0.0400. The van der Waals surface area contributed by atoms with Gasteiger partial charge < -0.3 is 4.74 Å². The van der Waals surface area contributed by atoms with Crippen LogP contribution in [0.1, 0.15) is 101 Å². The third-order valence-corrected chi connectivity index (χ3v) is 1.30. The lowest BCUT2D eigenvalue weighted by Gasteiger charge is -2.05. The van der Waals surface area contributed by atoms with E-state index in [1.165, 1.54) is 6.42 Å². The van der Waals surface area contributed by atoms with Crippen LogP contribution in [0.5, 0.6) is 0 Å². The van der Waals surface area contributed by atoms with Crippen LogP contribution in [-0.4, -0.2) is 13.2 Å². The lowest BCUT2D eigenvalue weighted by Crippen LogP contribution is -2.03. The minimum Gasteiger partial charge on any atom is -0.381 e. The molecule has 0 radical (unpaired) electrons. The number of hydrogen-bond acceptors (Lipinski definition) is 1. The molecule has 0 saturated carbocycles. The van der Waals surface area contributed by atoms with Crippen molar-refractivity contribution >= 4 is 0 Å². The average molecular weight is 277 g/mol. The molecule has 0 aliphatic heterocycles. The summed E-state index contributed by atoms with van der Waals surface area (Å²) in [5.74, 6) is 0.731. The average Bonchev–Trinajstić information content (AvgIpc) is 1.83. The Balaban J connectivity index is -0.00000000544. The Bertz CT molecular complexity index is 44.9. The molecule has 0 amide bonds. The fourth-order valence-electron chi connectivity index (χ4n) is 0.437. The zero-order valence-electron chi connectivity index (χ0n) is 6.11. The van der Waals surface area contributed by atoms with Gasteiger partial charge in [0.15, 0.2) is 0 Å². The van der Waals surface area contributed by atoms with E-state index in [0.29, 0.717) is 0 Å². The van der Waals surface area contributed by atoms with Crippen LogP contribution < -0.4 is 0 Å². The fraction of sp³-hybridized carbons (Fsp3) is 1.00. The lowest BCUT2D eigenvalue weighted by atomic mass is 10.1. The van der Waals surface area contributed by atoms with E-state index in [2.05, 4.69) is 13.8 Å². The first-order chi connectivity index (χ1) is 3.81. The second-order valence-corrected chi connectivity index (χ2v) is 2.17. The summed E-state index contributed by atoms with van der Waals surface area (Å²) in [7, 11) is 0. The van der Waals surface area contributed by atoms with Crippen LogP contribution in [-0.2, 0) is 4.74 Å². The van der Waals surface area contributed by atoms with Crippen LogP contribution in [0, 0.1) is 5.92 Å². The van der Waals surface area contributed by atoms with E-state index in [-0.39, 0.29) is 74.3 Å². The van der Waals surface area contributed by atoms with Gasteiger partial charge in [0.2, 0.25) is 0 Å². The Morgan fingerprint density at radius 2 is 0.944 bits per heavy atom. The zero-order chi connectivity index (χ0) is 6.41. The summed E-state index contributed by atoms with van der Waals surface area (Å²) in [5, 5.41) is 0. The van der Waals surface area contributed by atoms with E-state index in [0.717, 1.165) is 19.1 Å². The molecule has 130 valence electrons. The summed E-state index contributed by atoms with van der Waals surface area (Å²) in [6.45, 7) is 8.19. The molecular weight excluding hydrogens is 220 g/mol. The third kappa shape index (κ3) is 101. The number of rotatable bonds is 4. The Kier molecular flexibility index (Phi) is 528. The summed E-state index contributed by atoms with van der Waals surface area (Å²) in [6.07, 6.45) is 1.22. The normalized spacial score (nSPS) is 6.17. The van der Waals surface area contributed by atoms with Crippen LogP contribution in [0.15, 0.2) is 0 Å². The fourth-order valence-corrected chi connectivity index (χ4v) is 0.437. The van der Waals surface area contributed by atoms with Gasteiger partial charge in [-0.1, -0.05) is 94.5 Å². The summed E-state index contributed by atoms with van der Waals surface area (Å²) < 4.78 is 5.19. The van der Waals surface area contributed by atoms with Gasteiger partial charge in [-0.25, -0.2) is 0 Å². The van der Waals surface area contributed by atoms with Gasteiger partial charge in [0.1, 0.15) is 0 Å². The molecule has 0 spiro atoms. The maximum atomic E-state index is 5.19. The van der Waals surface area contributed by atoms with E-state index in [4.69, 9.17) is 4.74 Å². The lowest BCUT2D eigenvalue weighted by molar-refractivity contribution is 0.115. The molecule has 0 aliphatic carbocycles. The summed E-state index contributed by atoms with van der Waals surface area (Å²) in [5.41, 5.74) is 0. The highest BCUT2D eigenvalue weighted by molar-refractivity contribution is 4.44. The van der Waals surface area contributed by atoms with Crippen molar-refractivity contribution < 1.29 is 4.74 Å². The molecule has 18 heavy (non-hydrogen) atoms. The highest BCUT2D eigenvalue weighted by atomic mass is 16.5. The molecule has 0 bridgehead atoms. The van der Waals surface area contributed by atoms with Gasteiger partial charge in [-0.3, -0.25) is 0 Å². The molecule has 0 rings (SSSR count). The molecule has 0 aromatic heterocycles. The van der Waals surface area contributed by atoms with E-state index in [9.17, 15) is 0 Å². The molecule has 0 aromatic rings. The second kappa shape index (κ2) is 89.2. The Morgan fingerprint density at radius 1 is 0.667 bits per heavy atom. The zero-order valence-corrected chi connectivity index (χ0v) is 6.11. The first-order valence-corrected chi connectivity index (χ1v) is 3.39. The van der Waals surface area contributed by atoms with E-state index in [1.54, 1.807) is 0 Å². The minimum atomic E-state index is 0. The van der Waals surface area contributed by atoms with E-state index < -0.39 is 0 Å². The van der Waals surface area contributed by atoms with Gasteiger partial charge in [-0.15, -0.1) is 0 Å². The molecule has 1 atom stereocenters. The predicted octanol–water partition coefficient (Wildman–Crippen LogP) is 8.43. The van der Waals surface area contributed by atoms with Crippen LogP contribution in [0.3, 0.4) is 0 Å². The van der Waals surface area contributed by atoms with Crippen molar-refractivity contribution in [2.24, 2.45) is 5.92 Å². The van der Waals surface area contributed by atoms with Gasteiger partial charge in [-0.05, 0) is 12.8 Å². The molecule has 0 heterocycles. The third-order valence-electron chi connectivity index (χ3n) is 1.30. The van der Waals surface area contributed by atoms with Gasteiger partial charge in [0, 0.05) is 13.2 Å². The quantitative estimate of drug-likeness (QED) is 0.500. The highest BCUT2D eigenvalue weighted by Gasteiger charge is 1.94. The second-order valence-electron chi connectivity index (χ2n) is 2.17. The standard InChI is InChI=1S/C7H16O.10CH4/c1-4-7(3)6-8-5-2;;;;;;;;;;/h7H,4-6H2,1-3H3;10*1H4. The largest absolute Gasteiger partial charge is 0.381 e. The van der Waals surface area contributed by atoms with Crippen molar-refractivity contribution in [1.82, 2.24) is 0 Å². The molecule has 1 unspecified atom stereocenters. The monoisotopic (exact) mass is 276 g/mol. The van der Waals surface area contributed by atoms with Gasteiger partial charge in [0.25, 0.3) is 0 Å². The molecular formula is C17H56O. The smallest absolute Gasteiger partial charge is 0.0491 e. The summed E-state index contributed by atoms with van der Waals surface area (Å²) in [4.78, 5) is 0. The SMILES string of the molecule is C.C.C.C.C.C.C.C.C.C.CCOCC(C)CC. The highest BCUT2D eigenvalue weighted by Crippen LogP contribution is 1.99. The summed E-state index contributed by atoms with van der Waals surface area (Å²) >= 11 is 0. The molecule has 1 nitrogen and oxygen atoms in total. The van der Waals surface area contributed by atoms with Crippen LogP contribution in [0.25, 0.3) is 0 Å². The molecule has 0 aromatic carbocycles. The Labute approximate surface area is 126 Å². The van der Waals surface area contributed by atoms with Crippen molar-refractivity contribution in [1.29, 1.82) is 0 Å².